The second-order valence-electron chi connectivity index (χ2n) is 4.89. The summed E-state index contributed by atoms with van der Waals surface area (Å²) in [6, 6.07) is 0. The van der Waals surface area contributed by atoms with Crippen molar-refractivity contribution in [3.63, 3.8) is 0 Å². The number of alkyl halides is 2. The molecule has 0 saturated carbocycles. The third kappa shape index (κ3) is 12.2. The molecule has 0 aromatic carbocycles. The summed E-state index contributed by atoms with van der Waals surface area (Å²) in [5.74, 6) is 0. The molecule has 0 amide bonds. The molecule has 0 aromatic heterocycles. The SMILES string of the molecule is CCCCCCCCCCN(CCO)CC(F)F. The lowest BCUT2D eigenvalue weighted by Crippen LogP contribution is -2.32. The van der Waals surface area contributed by atoms with Gasteiger partial charge in [-0.15, -0.1) is 0 Å². The molecule has 0 aliphatic rings. The standard InChI is InChI=1S/C14H29F2NO/c1-2-3-4-5-6-7-8-9-10-17(11-12-18)13-14(15)16/h14,18H,2-13H2,1H3. The highest BCUT2D eigenvalue weighted by Crippen LogP contribution is 2.09. The zero-order valence-electron chi connectivity index (χ0n) is 11.7. The van der Waals surface area contributed by atoms with Crippen LogP contribution in [-0.4, -0.2) is 42.7 Å². The third-order valence-corrected chi connectivity index (χ3v) is 3.14. The molecule has 1 N–H and O–H groups in total. The van der Waals surface area contributed by atoms with Gasteiger partial charge in [0.15, 0.2) is 0 Å². The summed E-state index contributed by atoms with van der Waals surface area (Å²) in [5.41, 5.74) is 0. The number of hydrogen-bond acceptors (Lipinski definition) is 2. The van der Waals surface area contributed by atoms with E-state index in [0.717, 1.165) is 12.8 Å². The van der Waals surface area contributed by atoms with Crippen molar-refractivity contribution in [2.45, 2.75) is 64.7 Å². The smallest absolute Gasteiger partial charge is 0.251 e. The lowest BCUT2D eigenvalue weighted by molar-refractivity contribution is 0.0774. The summed E-state index contributed by atoms with van der Waals surface area (Å²) in [6.45, 7) is 3.00. The third-order valence-electron chi connectivity index (χ3n) is 3.14. The van der Waals surface area contributed by atoms with Gasteiger partial charge in [0, 0.05) is 6.54 Å². The minimum atomic E-state index is -2.30. The van der Waals surface area contributed by atoms with Crippen LogP contribution in [0.5, 0.6) is 0 Å². The van der Waals surface area contributed by atoms with Gasteiger partial charge in [0.05, 0.1) is 13.2 Å². The fourth-order valence-corrected chi connectivity index (χ4v) is 2.10. The fourth-order valence-electron chi connectivity index (χ4n) is 2.10. The molecule has 0 radical (unpaired) electrons. The Bertz CT molecular complexity index is 168. The lowest BCUT2D eigenvalue weighted by atomic mass is 10.1. The maximum absolute atomic E-state index is 12.2. The number of aliphatic hydroxyl groups excluding tert-OH is 1. The quantitative estimate of drug-likeness (QED) is 0.513. The van der Waals surface area contributed by atoms with E-state index in [2.05, 4.69) is 6.92 Å². The first-order valence-electron chi connectivity index (χ1n) is 7.32. The van der Waals surface area contributed by atoms with Crippen LogP contribution < -0.4 is 0 Å². The summed E-state index contributed by atoms with van der Waals surface area (Å²) in [6.07, 6.45) is 7.43. The molecule has 4 heteroatoms. The Balaban J connectivity index is 3.37. The van der Waals surface area contributed by atoms with Crippen LogP contribution in [0.4, 0.5) is 8.78 Å². The number of unbranched alkanes of at least 4 members (excludes halogenated alkanes) is 7. The molecule has 0 atom stereocenters. The maximum atomic E-state index is 12.2. The van der Waals surface area contributed by atoms with E-state index in [-0.39, 0.29) is 13.2 Å². The van der Waals surface area contributed by atoms with Crippen LogP contribution in [0.2, 0.25) is 0 Å². The molecule has 0 aliphatic carbocycles. The van der Waals surface area contributed by atoms with Crippen molar-refractivity contribution in [2.75, 3.05) is 26.2 Å². The molecule has 0 rings (SSSR count). The summed E-state index contributed by atoms with van der Waals surface area (Å²) >= 11 is 0. The van der Waals surface area contributed by atoms with Crippen molar-refractivity contribution < 1.29 is 13.9 Å². The van der Waals surface area contributed by atoms with Gasteiger partial charge in [-0.1, -0.05) is 51.9 Å². The van der Waals surface area contributed by atoms with Gasteiger partial charge in [-0.05, 0) is 13.0 Å². The van der Waals surface area contributed by atoms with Gasteiger partial charge in [-0.2, -0.15) is 0 Å². The molecule has 0 fully saturated rings. The molecule has 0 aliphatic heterocycles. The number of halogens is 2. The molecular weight excluding hydrogens is 236 g/mol. The highest BCUT2D eigenvalue weighted by molar-refractivity contribution is 4.59. The van der Waals surface area contributed by atoms with E-state index >= 15 is 0 Å². The molecule has 2 nitrogen and oxygen atoms in total. The van der Waals surface area contributed by atoms with E-state index in [1.54, 1.807) is 4.90 Å². The predicted molar refractivity (Wildman–Crippen MR) is 72.1 cm³/mol. The van der Waals surface area contributed by atoms with Crippen LogP contribution in [0.15, 0.2) is 0 Å². The minimum Gasteiger partial charge on any atom is -0.395 e. The van der Waals surface area contributed by atoms with Gasteiger partial charge in [0.25, 0.3) is 6.43 Å². The summed E-state index contributed by atoms with van der Waals surface area (Å²) in [7, 11) is 0. The summed E-state index contributed by atoms with van der Waals surface area (Å²) in [4.78, 5) is 1.65. The molecule has 0 bridgehead atoms. The molecular formula is C14H29F2NO. The molecule has 0 spiro atoms. The first-order valence-corrected chi connectivity index (χ1v) is 7.32. The summed E-state index contributed by atoms with van der Waals surface area (Å²) < 4.78 is 24.5. The topological polar surface area (TPSA) is 23.5 Å². The Morgan fingerprint density at radius 3 is 1.94 bits per heavy atom. The normalized spacial score (nSPS) is 11.7. The molecule has 0 unspecified atom stereocenters. The van der Waals surface area contributed by atoms with Crippen molar-refractivity contribution in [1.82, 2.24) is 4.90 Å². The van der Waals surface area contributed by atoms with Crippen LogP contribution in [-0.2, 0) is 0 Å². The van der Waals surface area contributed by atoms with Crippen LogP contribution in [0, 0.1) is 0 Å². The second kappa shape index (κ2) is 13.2. The first-order chi connectivity index (χ1) is 8.70. The van der Waals surface area contributed by atoms with E-state index in [1.165, 1.54) is 38.5 Å². The first kappa shape index (κ1) is 17.8. The highest BCUT2D eigenvalue weighted by atomic mass is 19.3. The summed E-state index contributed by atoms with van der Waals surface area (Å²) in [5, 5.41) is 8.79. The second-order valence-corrected chi connectivity index (χ2v) is 4.89. The maximum Gasteiger partial charge on any atom is 0.251 e. The Morgan fingerprint density at radius 2 is 1.44 bits per heavy atom. The van der Waals surface area contributed by atoms with Crippen LogP contribution in [0.3, 0.4) is 0 Å². The van der Waals surface area contributed by atoms with Crippen molar-refractivity contribution in [3.05, 3.63) is 0 Å². The Morgan fingerprint density at radius 1 is 0.889 bits per heavy atom. The highest BCUT2D eigenvalue weighted by Gasteiger charge is 2.10. The molecule has 0 aromatic rings. The molecule has 110 valence electrons. The van der Waals surface area contributed by atoms with Crippen molar-refractivity contribution in [2.24, 2.45) is 0 Å². The van der Waals surface area contributed by atoms with Crippen LogP contribution >= 0.6 is 0 Å². The van der Waals surface area contributed by atoms with Crippen molar-refractivity contribution in [1.29, 1.82) is 0 Å². The zero-order chi connectivity index (χ0) is 13.6. The number of nitrogens with zero attached hydrogens (tertiary/aromatic N) is 1. The average molecular weight is 265 g/mol. The van der Waals surface area contributed by atoms with Gasteiger partial charge >= 0.3 is 0 Å². The van der Waals surface area contributed by atoms with E-state index < -0.39 is 6.43 Å². The number of aliphatic hydroxyl groups is 1. The lowest BCUT2D eigenvalue weighted by Gasteiger charge is -2.20. The van der Waals surface area contributed by atoms with Crippen molar-refractivity contribution in [3.8, 4) is 0 Å². The Labute approximate surface area is 110 Å². The van der Waals surface area contributed by atoms with Crippen LogP contribution in [0.1, 0.15) is 58.3 Å². The zero-order valence-corrected chi connectivity index (χ0v) is 11.7. The van der Waals surface area contributed by atoms with Gasteiger partial charge in [0.2, 0.25) is 0 Å². The van der Waals surface area contributed by atoms with Gasteiger partial charge in [-0.3, -0.25) is 4.90 Å². The molecule has 18 heavy (non-hydrogen) atoms. The largest absolute Gasteiger partial charge is 0.395 e. The Hall–Kier alpha value is -0.220. The monoisotopic (exact) mass is 265 g/mol. The van der Waals surface area contributed by atoms with Gasteiger partial charge < -0.3 is 5.11 Å². The number of rotatable bonds is 13. The number of hydrogen-bond donors (Lipinski definition) is 1. The molecule has 0 saturated heterocycles. The molecule has 0 heterocycles. The van der Waals surface area contributed by atoms with Gasteiger partial charge in [-0.25, -0.2) is 8.78 Å². The van der Waals surface area contributed by atoms with Crippen LogP contribution in [0.25, 0.3) is 0 Å². The predicted octanol–water partition coefficient (Wildman–Crippen LogP) is 3.69. The van der Waals surface area contributed by atoms with Gasteiger partial charge in [0.1, 0.15) is 0 Å². The van der Waals surface area contributed by atoms with Crippen molar-refractivity contribution >= 4 is 0 Å². The van der Waals surface area contributed by atoms with E-state index in [4.69, 9.17) is 5.11 Å². The Kier molecular flexibility index (Phi) is 13.1. The van der Waals surface area contributed by atoms with E-state index in [0.29, 0.717) is 13.1 Å². The van der Waals surface area contributed by atoms with E-state index in [1.807, 2.05) is 0 Å². The minimum absolute atomic E-state index is 0.0380. The fraction of sp³-hybridized carbons (Fsp3) is 1.00. The van der Waals surface area contributed by atoms with E-state index in [9.17, 15) is 8.78 Å². The average Bonchev–Trinajstić information content (AvgIpc) is 2.32.